The second kappa shape index (κ2) is 10.0. The number of rotatable bonds is 7. The number of benzene rings is 2. The number of carbonyl (C=O) groups excluding carboxylic acids is 1. The largest absolute Gasteiger partial charge is 0.350 e. The van der Waals surface area contributed by atoms with Crippen LogP contribution in [0.1, 0.15) is 48.8 Å². The SMILES string of the molecule is CS(=O)(=O)c1cccc(/C=C/C(=O)NC2CCC(CCN3Cc4ccccc4C3)CC2)c1. The number of hydrogen-bond donors (Lipinski definition) is 1. The van der Waals surface area contributed by atoms with Crippen LogP contribution in [-0.4, -0.2) is 38.1 Å². The van der Waals surface area contributed by atoms with E-state index in [0.29, 0.717) is 5.56 Å². The number of hydrogen-bond acceptors (Lipinski definition) is 4. The van der Waals surface area contributed by atoms with Crippen molar-refractivity contribution in [3.8, 4) is 0 Å². The van der Waals surface area contributed by atoms with Gasteiger partial charge < -0.3 is 5.32 Å². The van der Waals surface area contributed by atoms with Gasteiger partial charge in [-0.1, -0.05) is 36.4 Å². The smallest absolute Gasteiger partial charge is 0.244 e. The van der Waals surface area contributed by atoms with Crippen LogP contribution in [0.15, 0.2) is 59.5 Å². The van der Waals surface area contributed by atoms with E-state index in [0.717, 1.165) is 51.2 Å². The van der Waals surface area contributed by atoms with E-state index < -0.39 is 9.84 Å². The molecule has 1 aliphatic carbocycles. The summed E-state index contributed by atoms with van der Waals surface area (Å²) in [5, 5.41) is 3.11. The number of sulfone groups is 1. The fourth-order valence-electron chi connectivity index (χ4n) is 4.79. The molecule has 1 amide bonds. The van der Waals surface area contributed by atoms with Gasteiger partial charge in [-0.25, -0.2) is 8.42 Å². The molecule has 2 aliphatic rings. The second-order valence-corrected chi connectivity index (χ2v) is 11.2. The van der Waals surface area contributed by atoms with E-state index in [1.54, 1.807) is 30.3 Å². The van der Waals surface area contributed by atoms with Gasteiger partial charge in [0.1, 0.15) is 0 Å². The minimum atomic E-state index is -3.25. The molecule has 170 valence electrons. The molecule has 1 heterocycles. The van der Waals surface area contributed by atoms with Gasteiger partial charge in [0.2, 0.25) is 5.91 Å². The zero-order chi connectivity index (χ0) is 22.6. The van der Waals surface area contributed by atoms with E-state index in [2.05, 4.69) is 34.5 Å². The van der Waals surface area contributed by atoms with Crippen LogP contribution in [0.2, 0.25) is 0 Å². The lowest BCUT2D eigenvalue weighted by atomic mass is 9.84. The predicted octanol–water partition coefficient (Wildman–Crippen LogP) is 4.18. The van der Waals surface area contributed by atoms with Crippen molar-refractivity contribution in [1.29, 1.82) is 0 Å². The van der Waals surface area contributed by atoms with Gasteiger partial charge in [-0.2, -0.15) is 0 Å². The third kappa shape index (κ3) is 6.08. The number of carbonyl (C=O) groups is 1. The number of nitrogens with zero attached hydrogens (tertiary/aromatic N) is 1. The molecule has 0 spiro atoms. The molecular formula is C26H32N2O3S. The molecule has 0 aromatic heterocycles. The summed E-state index contributed by atoms with van der Waals surface area (Å²) in [6.45, 7) is 3.29. The first kappa shape index (κ1) is 22.7. The third-order valence-corrected chi connectivity index (χ3v) is 7.78. The van der Waals surface area contributed by atoms with Crippen LogP contribution in [0.3, 0.4) is 0 Å². The molecule has 2 aromatic carbocycles. The zero-order valence-corrected chi connectivity index (χ0v) is 19.5. The highest BCUT2D eigenvalue weighted by atomic mass is 32.2. The summed E-state index contributed by atoms with van der Waals surface area (Å²) in [5.41, 5.74) is 3.64. The molecule has 0 unspecified atom stereocenters. The van der Waals surface area contributed by atoms with Crippen molar-refractivity contribution in [3.05, 3.63) is 71.3 Å². The van der Waals surface area contributed by atoms with E-state index in [9.17, 15) is 13.2 Å². The normalized spacial score (nSPS) is 21.5. The van der Waals surface area contributed by atoms with Crippen molar-refractivity contribution in [2.75, 3.05) is 12.8 Å². The van der Waals surface area contributed by atoms with Gasteiger partial charge in [0.05, 0.1) is 4.90 Å². The monoisotopic (exact) mass is 452 g/mol. The van der Waals surface area contributed by atoms with Crippen LogP contribution in [0.25, 0.3) is 6.08 Å². The standard InChI is InChI=1S/C26H32N2O3S/c1-32(30,31)25-8-4-5-21(17-25)11-14-26(29)27-24-12-9-20(10-13-24)15-16-28-18-22-6-2-3-7-23(22)19-28/h2-8,11,14,17,20,24H,9-10,12-13,15-16,18-19H2,1H3,(H,27,29)/b14-11+. The van der Waals surface area contributed by atoms with Crippen LogP contribution in [0.5, 0.6) is 0 Å². The average Bonchev–Trinajstić information content (AvgIpc) is 3.20. The van der Waals surface area contributed by atoms with Gasteiger partial charge in [-0.05, 0) is 79.5 Å². The van der Waals surface area contributed by atoms with Crippen molar-refractivity contribution in [2.24, 2.45) is 5.92 Å². The Balaban J connectivity index is 1.18. The van der Waals surface area contributed by atoms with Crippen LogP contribution in [0, 0.1) is 5.92 Å². The highest BCUT2D eigenvalue weighted by Crippen LogP contribution is 2.29. The Morgan fingerprint density at radius 2 is 1.72 bits per heavy atom. The lowest BCUT2D eigenvalue weighted by Gasteiger charge is -2.30. The van der Waals surface area contributed by atoms with E-state index in [1.165, 1.54) is 29.9 Å². The zero-order valence-electron chi connectivity index (χ0n) is 18.7. The second-order valence-electron chi connectivity index (χ2n) is 9.17. The first-order valence-electron chi connectivity index (χ1n) is 11.4. The summed E-state index contributed by atoms with van der Waals surface area (Å²) in [4.78, 5) is 15.1. The Labute approximate surface area is 191 Å². The maximum absolute atomic E-state index is 12.3. The third-order valence-electron chi connectivity index (χ3n) is 6.67. The molecular weight excluding hydrogens is 420 g/mol. The summed E-state index contributed by atoms with van der Waals surface area (Å²) in [5.74, 6) is 0.620. The van der Waals surface area contributed by atoms with Gasteiger partial charge in [0.25, 0.3) is 0 Å². The van der Waals surface area contributed by atoms with Crippen molar-refractivity contribution in [2.45, 2.75) is 56.1 Å². The average molecular weight is 453 g/mol. The lowest BCUT2D eigenvalue weighted by molar-refractivity contribution is -0.117. The van der Waals surface area contributed by atoms with Crippen molar-refractivity contribution in [3.63, 3.8) is 0 Å². The van der Waals surface area contributed by atoms with Crippen LogP contribution >= 0.6 is 0 Å². The fraction of sp³-hybridized carbons (Fsp3) is 0.423. The Morgan fingerprint density at radius 3 is 2.38 bits per heavy atom. The number of nitrogens with one attached hydrogen (secondary N) is 1. The van der Waals surface area contributed by atoms with Crippen LogP contribution < -0.4 is 5.32 Å². The number of fused-ring (bicyclic) bond motifs is 1. The van der Waals surface area contributed by atoms with E-state index in [4.69, 9.17) is 0 Å². The molecule has 0 bridgehead atoms. The molecule has 6 heteroatoms. The molecule has 4 rings (SSSR count). The molecule has 1 aliphatic heterocycles. The topological polar surface area (TPSA) is 66.5 Å². The number of amides is 1. The first-order valence-corrected chi connectivity index (χ1v) is 13.3. The molecule has 5 nitrogen and oxygen atoms in total. The molecule has 0 saturated heterocycles. The fourth-order valence-corrected chi connectivity index (χ4v) is 5.47. The summed E-state index contributed by atoms with van der Waals surface area (Å²) < 4.78 is 23.4. The van der Waals surface area contributed by atoms with E-state index in [1.807, 2.05) is 0 Å². The molecule has 0 atom stereocenters. The molecule has 2 aromatic rings. The maximum Gasteiger partial charge on any atom is 0.244 e. The minimum absolute atomic E-state index is 0.118. The Bertz CT molecular complexity index is 1060. The van der Waals surface area contributed by atoms with Gasteiger partial charge in [-0.3, -0.25) is 9.69 Å². The molecule has 1 saturated carbocycles. The summed E-state index contributed by atoms with van der Waals surface area (Å²) in [6.07, 6.45) is 9.94. The van der Waals surface area contributed by atoms with Gasteiger partial charge >= 0.3 is 0 Å². The van der Waals surface area contributed by atoms with Crippen molar-refractivity contribution < 1.29 is 13.2 Å². The highest BCUT2D eigenvalue weighted by molar-refractivity contribution is 7.90. The van der Waals surface area contributed by atoms with Gasteiger partial charge in [0, 0.05) is 31.5 Å². The van der Waals surface area contributed by atoms with Gasteiger partial charge in [-0.15, -0.1) is 0 Å². The molecule has 32 heavy (non-hydrogen) atoms. The van der Waals surface area contributed by atoms with Gasteiger partial charge in [0.15, 0.2) is 9.84 Å². The lowest BCUT2D eigenvalue weighted by Crippen LogP contribution is -2.37. The Hall–Kier alpha value is -2.44. The first-order chi connectivity index (χ1) is 15.4. The van der Waals surface area contributed by atoms with E-state index >= 15 is 0 Å². The quantitative estimate of drug-likeness (QED) is 0.640. The minimum Gasteiger partial charge on any atom is -0.350 e. The van der Waals surface area contributed by atoms with Crippen LogP contribution in [-0.2, 0) is 27.7 Å². The van der Waals surface area contributed by atoms with Crippen molar-refractivity contribution >= 4 is 21.8 Å². The van der Waals surface area contributed by atoms with E-state index in [-0.39, 0.29) is 16.8 Å². The Morgan fingerprint density at radius 1 is 1.03 bits per heavy atom. The maximum atomic E-state index is 12.3. The summed E-state index contributed by atoms with van der Waals surface area (Å²) >= 11 is 0. The summed E-state index contributed by atoms with van der Waals surface area (Å²) in [6, 6.07) is 15.6. The predicted molar refractivity (Wildman–Crippen MR) is 128 cm³/mol. The molecule has 1 N–H and O–H groups in total. The molecule has 0 radical (unpaired) electrons. The van der Waals surface area contributed by atoms with Crippen LogP contribution in [0.4, 0.5) is 0 Å². The highest BCUT2D eigenvalue weighted by Gasteiger charge is 2.24. The summed E-state index contributed by atoms with van der Waals surface area (Å²) in [7, 11) is -3.25. The molecule has 1 fully saturated rings. The Kier molecular flexibility index (Phi) is 7.11. The van der Waals surface area contributed by atoms with Crippen molar-refractivity contribution in [1.82, 2.24) is 10.2 Å².